The Balaban J connectivity index is 0.00000392. The Kier molecular flexibility index (Phi) is 10.1. The fraction of sp³-hybridized carbons (Fsp3) is 0.500. The Morgan fingerprint density at radius 2 is 1.93 bits per heavy atom. The molecule has 1 aromatic heterocycles. The molecule has 0 aliphatic heterocycles. The Bertz CT molecular complexity index is 789. The van der Waals surface area contributed by atoms with E-state index < -0.39 is 0 Å². The summed E-state index contributed by atoms with van der Waals surface area (Å²) >= 11 is 0. The maximum Gasteiger partial charge on any atom is 0.195 e. The van der Waals surface area contributed by atoms with Gasteiger partial charge in [0.15, 0.2) is 17.5 Å². The number of aliphatic imine (C=N–C) groups is 1. The maximum atomic E-state index is 5.64. The molecule has 2 aromatic rings. The van der Waals surface area contributed by atoms with Gasteiger partial charge in [-0.1, -0.05) is 13.8 Å². The van der Waals surface area contributed by atoms with Crippen LogP contribution in [0.3, 0.4) is 0 Å². The van der Waals surface area contributed by atoms with E-state index in [2.05, 4.69) is 34.6 Å². The number of guanidine groups is 1. The third kappa shape index (κ3) is 5.76. The topological polar surface area (TPSA) is 72.7 Å². The summed E-state index contributed by atoms with van der Waals surface area (Å²) in [4.78, 5) is 4.33. The molecule has 0 saturated heterocycles. The van der Waals surface area contributed by atoms with Gasteiger partial charge < -0.3 is 20.1 Å². The van der Waals surface area contributed by atoms with Crippen LogP contribution in [0.25, 0.3) is 0 Å². The molecule has 0 radical (unpaired) electrons. The number of aryl methyl sites for hydroxylation is 2. The minimum atomic E-state index is 0. The van der Waals surface area contributed by atoms with Crippen molar-refractivity contribution in [1.29, 1.82) is 0 Å². The second kappa shape index (κ2) is 11.8. The van der Waals surface area contributed by atoms with Gasteiger partial charge in [0.2, 0.25) is 0 Å². The first-order chi connectivity index (χ1) is 13.1. The highest BCUT2D eigenvalue weighted by atomic mass is 127. The van der Waals surface area contributed by atoms with E-state index in [1.165, 1.54) is 11.3 Å². The highest BCUT2D eigenvalue weighted by Gasteiger charge is 2.14. The molecule has 1 aromatic carbocycles. The predicted octanol–water partition coefficient (Wildman–Crippen LogP) is 3.76. The van der Waals surface area contributed by atoms with Crippen molar-refractivity contribution in [2.24, 2.45) is 12.0 Å². The average molecular weight is 501 g/mol. The smallest absolute Gasteiger partial charge is 0.195 e. The van der Waals surface area contributed by atoms with Crippen LogP contribution in [0, 0.1) is 0 Å². The zero-order valence-corrected chi connectivity index (χ0v) is 20.0. The van der Waals surface area contributed by atoms with Gasteiger partial charge in [-0.2, -0.15) is 5.10 Å². The number of nitrogens with one attached hydrogen (secondary N) is 2. The molecule has 2 N–H and O–H groups in total. The van der Waals surface area contributed by atoms with Gasteiger partial charge >= 0.3 is 0 Å². The Hall–Kier alpha value is -1.97. The van der Waals surface area contributed by atoms with Gasteiger partial charge in [0.1, 0.15) is 0 Å². The molecule has 28 heavy (non-hydrogen) atoms. The van der Waals surface area contributed by atoms with Crippen LogP contribution in [0.15, 0.2) is 23.2 Å². The number of nitrogens with zero attached hydrogens (tertiary/aromatic N) is 3. The van der Waals surface area contributed by atoms with Crippen LogP contribution in [-0.4, -0.2) is 36.5 Å². The summed E-state index contributed by atoms with van der Waals surface area (Å²) in [5, 5.41) is 11.3. The number of ether oxygens (including phenoxy) is 2. The van der Waals surface area contributed by atoms with Crippen molar-refractivity contribution < 1.29 is 9.47 Å². The standard InChI is InChI=1S/C20H31N5O2.HI/c1-7-16-15(17(8-2)25(5)24-16)13-22-20(21-4)23-14-10-11-18(26-6)19(12-14)27-9-3;/h10-12H,7-9,13H2,1-6H3,(H2,21,22,23);1H. The summed E-state index contributed by atoms with van der Waals surface area (Å²) in [6.07, 6.45) is 1.86. The summed E-state index contributed by atoms with van der Waals surface area (Å²) in [6.45, 7) is 7.48. The minimum absolute atomic E-state index is 0. The lowest BCUT2D eigenvalue weighted by molar-refractivity contribution is 0.311. The number of hydrogen-bond donors (Lipinski definition) is 2. The Morgan fingerprint density at radius 1 is 1.18 bits per heavy atom. The van der Waals surface area contributed by atoms with Crippen molar-refractivity contribution in [3.05, 3.63) is 35.2 Å². The molecule has 0 aliphatic carbocycles. The Labute approximate surface area is 184 Å². The highest BCUT2D eigenvalue weighted by Crippen LogP contribution is 2.30. The monoisotopic (exact) mass is 501 g/mol. The fourth-order valence-corrected chi connectivity index (χ4v) is 3.10. The predicted molar refractivity (Wildman–Crippen MR) is 125 cm³/mol. The van der Waals surface area contributed by atoms with Gasteiger partial charge in [0.05, 0.1) is 19.4 Å². The zero-order valence-electron chi connectivity index (χ0n) is 17.6. The molecule has 8 heteroatoms. The molecule has 0 spiro atoms. The van der Waals surface area contributed by atoms with Crippen LogP contribution in [0.4, 0.5) is 5.69 Å². The molecule has 0 aliphatic rings. The van der Waals surface area contributed by atoms with E-state index in [1.807, 2.05) is 36.9 Å². The normalized spacial score (nSPS) is 11.0. The van der Waals surface area contributed by atoms with E-state index in [0.717, 1.165) is 24.2 Å². The van der Waals surface area contributed by atoms with E-state index in [-0.39, 0.29) is 24.0 Å². The maximum absolute atomic E-state index is 5.64. The van der Waals surface area contributed by atoms with Gasteiger partial charge in [-0.3, -0.25) is 9.67 Å². The number of halogens is 1. The summed E-state index contributed by atoms with van der Waals surface area (Å²) < 4.78 is 13.0. The van der Waals surface area contributed by atoms with Crippen LogP contribution >= 0.6 is 24.0 Å². The SMILES string of the molecule is CCOc1cc(NC(=NC)NCc2c(CC)nn(C)c2CC)ccc1OC.I. The van der Waals surface area contributed by atoms with Gasteiger partial charge in [-0.15, -0.1) is 24.0 Å². The number of hydrogen-bond acceptors (Lipinski definition) is 4. The van der Waals surface area contributed by atoms with Crippen LogP contribution in [0.2, 0.25) is 0 Å². The molecule has 0 fully saturated rings. The minimum Gasteiger partial charge on any atom is -0.493 e. The first-order valence-electron chi connectivity index (χ1n) is 9.39. The number of benzene rings is 1. The largest absolute Gasteiger partial charge is 0.493 e. The molecule has 0 amide bonds. The summed E-state index contributed by atoms with van der Waals surface area (Å²) in [5.41, 5.74) is 4.50. The van der Waals surface area contributed by atoms with Crippen molar-refractivity contribution >= 4 is 35.6 Å². The molecule has 7 nitrogen and oxygen atoms in total. The molecular weight excluding hydrogens is 469 g/mol. The summed E-state index contributed by atoms with van der Waals surface area (Å²) in [6, 6.07) is 5.73. The van der Waals surface area contributed by atoms with Crippen LogP contribution < -0.4 is 20.1 Å². The van der Waals surface area contributed by atoms with Crippen LogP contribution in [-0.2, 0) is 26.4 Å². The van der Waals surface area contributed by atoms with Crippen LogP contribution in [0.5, 0.6) is 11.5 Å². The molecule has 2 rings (SSSR count). The fourth-order valence-electron chi connectivity index (χ4n) is 3.10. The van der Waals surface area contributed by atoms with E-state index >= 15 is 0 Å². The lowest BCUT2D eigenvalue weighted by atomic mass is 10.1. The number of methoxy groups -OCH3 is 1. The third-order valence-corrected chi connectivity index (χ3v) is 4.41. The molecular formula is C20H32IN5O2. The van der Waals surface area contributed by atoms with Crippen molar-refractivity contribution in [3.8, 4) is 11.5 Å². The zero-order chi connectivity index (χ0) is 19.8. The van der Waals surface area contributed by atoms with E-state index in [4.69, 9.17) is 9.47 Å². The van der Waals surface area contributed by atoms with Gasteiger partial charge in [0.25, 0.3) is 0 Å². The third-order valence-electron chi connectivity index (χ3n) is 4.41. The quantitative estimate of drug-likeness (QED) is 0.328. The number of rotatable bonds is 8. The van der Waals surface area contributed by atoms with Gasteiger partial charge in [-0.25, -0.2) is 0 Å². The Morgan fingerprint density at radius 3 is 2.50 bits per heavy atom. The molecule has 0 atom stereocenters. The summed E-state index contributed by atoms with van der Waals surface area (Å²) in [7, 11) is 5.39. The van der Waals surface area contributed by atoms with E-state index in [9.17, 15) is 0 Å². The van der Waals surface area contributed by atoms with Crippen molar-refractivity contribution in [1.82, 2.24) is 15.1 Å². The molecule has 156 valence electrons. The molecule has 0 bridgehead atoms. The number of anilines is 1. The van der Waals surface area contributed by atoms with Gasteiger partial charge in [0, 0.05) is 43.7 Å². The number of aromatic nitrogens is 2. The lowest BCUT2D eigenvalue weighted by Gasteiger charge is -2.15. The average Bonchev–Trinajstić information content (AvgIpc) is 3.00. The summed E-state index contributed by atoms with van der Waals surface area (Å²) in [5.74, 6) is 2.10. The first kappa shape index (κ1) is 24.1. The van der Waals surface area contributed by atoms with E-state index in [1.54, 1.807) is 14.2 Å². The second-order valence-electron chi connectivity index (χ2n) is 6.05. The lowest BCUT2D eigenvalue weighted by Crippen LogP contribution is -2.30. The van der Waals surface area contributed by atoms with Crippen molar-refractivity contribution in [3.63, 3.8) is 0 Å². The van der Waals surface area contributed by atoms with Crippen molar-refractivity contribution in [2.45, 2.75) is 40.2 Å². The van der Waals surface area contributed by atoms with Gasteiger partial charge in [-0.05, 0) is 31.9 Å². The van der Waals surface area contributed by atoms with Crippen molar-refractivity contribution in [2.75, 3.05) is 26.1 Å². The molecule has 0 unspecified atom stereocenters. The second-order valence-corrected chi connectivity index (χ2v) is 6.05. The first-order valence-corrected chi connectivity index (χ1v) is 9.39. The van der Waals surface area contributed by atoms with E-state index in [0.29, 0.717) is 30.6 Å². The molecule has 1 heterocycles. The van der Waals surface area contributed by atoms with Crippen LogP contribution in [0.1, 0.15) is 37.7 Å². The highest BCUT2D eigenvalue weighted by molar-refractivity contribution is 14.0. The molecule has 0 saturated carbocycles.